The number of pyridine rings is 1. The lowest BCUT2D eigenvalue weighted by molar-refractivity contribution is 0.102. The third-order valence-electron chi connectivity index (χ3n) is 4.86. The summed E-state index contributed by atoms with van der Waals surface area (Å²) in [6.45, 7) is 1.20. The zero-order valence-corrected chi connectivity index (χ0v) is 16.6. The summed E-state index contributed by atoms with van der Waals surface area (Å²) >= 11 is 0. The van der Waals surface area contributed by atoms with Crippen molar-refractivity contribution in [2.45, 2.75) is 18.9 Å². The summed E-state index contributed by atoms with van der Waals surface area (Å²) in [5, 5.41) is 8.17. The average Bonchev–Trinajstić information content (AvgIpc) is 3.48. The molecule has 160 valence electrons. The number of amides is 3. The molecule has 2 aromatic heterocycles. The molecule has 0 bridgehead atoms. The van der Waals surface area contributed by atoms with Crippen LogP contribution in [-0.2, 0) is 4.74 Å². The molecule has 0 radical (unpaired) electrons. The number of ether oxygens (including phenoxy) is 1. The number of nitrogens with one attached hydrogen (secondary N) is 4. The Morgan fingerprint density at radius 2 is 1.81 bits per heavy atom. The van der Waals surface area contributed by atoms with Gasteiger partial charge in [0.25, 0.3) is 11.5 Å². The highest BCUT2D eigenvalue weighted by atomic mass is 16.5. The van der Waals surface area contributed by atoms with Gasteiger partial charge in [0.1, 0.15) is 11.3 Å². The van der Waals surface area contributed by atoms with E-state index < -0.39 is 11.5 Å². The lowest BCUT2D eigenvalue weighted by Gasteiger charge is -2.12. The average molecular weight is 422 g/mol. The van der Waals surface area contributed by atoms with Crippen molar-refractivity contribution in [3.05, 3.63) is 70.7 Å². The molecule has 31 heavy (non-hydrogen) atoms. The summed E-state index contributed by atoms with van der Waals surface area (Å²) in [6.07, 6.45) is 3.53. The van der Waals surface area contributed by atoms with Crippen molar-refractivity contribution in [2.75, 3.05) is 23.8 Å². The molecule has 0 saturated carbocycles. The van der Waals surface area contributed by atoms with Crippen LogP contribution in [0.5, 0.6) is 0 Å². The van der Waals surface area contributed by atoms with Crippen LogP contribution in [0.2, 0.25) is 0 Å². The van der Waals surface area contributed by atoms with E-state index in [4.69, 9.17) is 9.15 Å². The first-order chi connectivity index (χ1) is 15.1. The smallest absolute Gasteiger partial charge is 0.319 e. The normalized spacial score (nSPS) is 15.4. The Morgan fingerprint density at radius 1 is 1.03 bits per heavy atom. The van der Waals surface area contributed by atoms with Crippen LogP contribution in [0.25, 0.3) is 11.5 Å². The molecule has 1 aromatic carbocycles. The fourth-order valence-corrected chi connectivity index (χ4v) is 3.25. The van der Waals surface area contributed by atoms with Gasteiger partial charge < -0.3 is 30.1 Å². The first-order valence-corrected chi connectivity index (χ1v) is 9.93. The number of H-pyrrole nitrogens is 1. The van der Waals surface area contributed by atoms with Gasteiger partial charge in [-0.05, 0) is 61.4 Å². The predicted octanol–water partition coefficient (Wildman–Crippen LogP) is 3.19. The van der Waals surface area contributed by atoms with Gasteiger partial charge in [-0.25, -0.2) is 4.79 Å². The van der Waals surface area contributed by atoms with Crippen molar-refractivity contribution in [1.29, 1.82) is 0 Å². The lowest BCUT2D eigenvalue weighted by atomic mass is 10.2. The molecule has 9 heteroatoms. The fraction of sp³-hybridized carbons (Fsp3) is 0.227. The highest BCUT2D eigenvalue weighted by molar-refractivity contribution is 6.04. The summed E-state index contributed by atoms with van der Waals surface area (Å²) in [6, 6.07) is 12.7. The second-order valence-electron chi connectivity index (χ2n) is 7.09. The molecule has 0 spiro atoms. The Morgan fingerprint density at radius 3 is 2.45 bits per heavy atom. The zero-order chi connectivity index (χ0) is 21.6. The van der Waals surface area contributed by atoms with Gasteiger partial charge >= 0.3 is 6.03 Å². The number of urea groups is 1. The molecule has 1 unspecified atom stereocenters. The molecule has 1 fully saturated rings. The monoisotopic (exact) mass is 422 g/mol. The molecule has 3 aromatic rings. The van der Waals surface area contributed by atoms with Crippen LogP contribution in [0.4, 0.5) is 16.2 Å². The number of anilines is 2. The standard InChI is InChI=1S/C22H22N4O5/c27-20(17-9-10-18(26-21(17)28)19-4-2-12-31-19)24-14-5-7-15(8-6-14)25-22(29)23-13-16-3-1-11-30-16/h2,4-10,12,16H,1,3,11,13H2,(H,24,27)(H,26,28)(H2,23,25,29). The molecular formula is C22H22N4O5. The summed E-state index contributed by atoms with van der Waals surface area (Å²) in [4.78, 5) is 39.3. The molecular weight excluding hydrogens is 400 g/mol. The van der Waals surface area contributed by atoms with Gasteiger partial charge in [0.2, 0.25) is 0 Å². The molecule has 9 nitrogen and oxygen atoms in total. The van der Waals surface area contributed by atoms with Crippen LogP contribution in [-0.4, -0.2) is 36.2 Å². The zero-order valence-electron chi connectivity index (χ0n) is 16.6. The van der Waals surface area contributed by atoms with Crippen LogP contribution >= 0.6 is 0 Å². The number of rotatable bonds is 6. The van der Waals surface area contributed by atoms with E-state index in [2.05, 4.69) is 20.9 Å². The topological polar surface area (TPSA) is 125 Å². The summed E-state index contributed by atoms with van der Waals surface area (Å²) in [7, 11) is 0. The summed E-state index contributed by atoms with van der Waals surface area (Å²) in [5.41, 5.74) is 1.01. The lowest BCUT2D eigenvalue weighted by Crippen LogP contribution is -2.35. The molecule has 4 rings (SSSR count). The second kappa shape index (κ2) is 9.31. The second-order valence-corrected chi connectivity index (χ2v) is 7.09. The van der Waals surface area contributed by atoms with Gasteiger partial charge in [-0.2, -0.15) is 0 Å². The van der Waals surface area contributed by atoms with E-state index >= 15 is 0 Å². The van der Waals surface area contributed by atoms with E-state index in [1.807, 2.05) is 0 Å². The maximum absolute atomic E-state index is 12.5. The minimum absolute atomic E-state index is 0.0222. The maximum Gasteiger partial charge on any atom is 0.319 e. The highest BCUT2D eigenvalue weighted by Gasteiger charge is 2.16. The number of hydrogen-bond donors (Lipinski definition) is 4. The number of furan rings is 1. The third-order valence-corrected chi connectivity index (χ3v) is 4.86. The first-order valence-electron chi connectivity index (χ1n) is 9.93. The van der Waals surface area contributed by atoms with Crippen LogP contribution in [0, 0.1) is 0 Å². The van der Waals surface area contributed by atoms with Crippen LogP contribution < -0.4 is 21.5 Å². The molecule has 4 N–H and O–H groups in total. The summed E-state index contributed by atoms with van der Waals surface area (Å²) in [5.74, 6) is -0.0331. The molecule has 1 atom stereocenters. The van der Waals surface area contributed by atoms with Crippen LogP contribution in [0.3, 0.4) is 0 Å². The maximum atomic E-state index is 12.5. The van der Waals surface area contributed by atoms with Gasteiger partial charge in [-0.3, -0.25) is 9.59 Å². The summed E-state index contributed by atoms with van der Waals surface area (Å²) < 4.78 is 10.7. The molecule has 1 aliphatic rings. The van der Waals surface area contributed by atoms with E-state index in [-0.39, 0.29) is 17.7 Å². The Labute approximate surface area is 177 Å². The Kier molecular flexibility index (Phi) is 6.13. The highest BCUT2D eigenvalue weighted by Crippen LogP contribution is 2.17. The van der Waals surface area contributed by atoms with E-state index in [1.165, 1.54) is 12.3 Å². The van der Waals surface area contributed by atoms with Gasteiger partial charge in [0.05, 0.1) is 18.1 Å². The van der Waals surface area contributed by atoms with Crippen LogP contribution in [0.1, 0.15) is 23.2 Å². The quantitative estimate of drug-likeness (QED) is 0.485. The Hall–Kier alpha value is -3.85. The van der Waals surface area contributed by atoms with Crippen molar-refractivity contribution >= 4 is 23.3 Å². The van der Waals surface area contributed by atoms with E-state index in [1.54, 1.807) is 42.5 Å². The molecule has 1 saturated heterocycles. The Balaban J connectivity index is 1.32. The van der Waals surface area contributed by atoms with Crippen molar-refractivity contribution in [2.24, 2.45) is 0 Å². The number of aromatic nitrogens is 1. The largest absolute Gasteiger partial charge is 0.463 e. The van der Waals surface area contributed by atoms with Gasteiger partial charge in [-0.1, -0.05) is 0 Å². The van der Waals surface area contributed by atoms with Gasteiger partial charge in [0, 0.05) is 24.5 Å². The predicted molar refractivity (Wildman–Crippen MR) is 115 cm³/mol. The van der Waals surface area contributed by atoms with Crippen molar-refractivity contribution in [1.82, 2.24) is 10.3 Å². The molecule has 0 aliphatic carbocycles. The number of benzene rings is 1. The minimum atomic E-state index is -0.540. The molecule has 3 heterocycles. The minimum Gasteiger partial charge on any atom is -0.463 e. The molecule has 3 amide bonds. The van der Waals surface area contributed by atoms with Crippen LogP contribution in [0.15, 0.2) is 64.0 Å². The first kappa shape index (κ1) is 20.4. The van der Waals surface area contributed by atoms with E-state index in [0.29, 0.717) is 29.4 Å². The Bertz CT molecular complexity index is 1100. The number of carbonyl (C=O) groups excluding carboxylic acids is 2. The fourth-order valence-electron chi connectivity index (χ4n) is 3.25. The third kappa shape index (κ3) is 5.20. The SMILES string of the molecule is O=C(NCC1CCCO1)Nc1ccc(NC(=O)c2ccc(-c3ccco3)[nH]c2=O)cc1. The molecule has 1 aliphatic heterocycles. The number of hydrogen-bond acceptors (Lipinski definition) is 5. The van der Waals surface area contributed by atoms with E-state index in [9.17, 15) is 14.4 Å². The van der Waals surface area contributed by atoms with Crippen molar-refractivity contribution in [3.8, 4) is 11.5 Å². The van der Waals surface area contributed by atoms with E-state index in [0.717, 1.165) is 19.4 Å². The van der Waals surface area contributed by atoms with Gasteiger partial charge in [-0.15, -0.1) is 0 Å². The van der Waals surface area contributed by atoms with Crippen molar-refractivity contribution < 1.29 is 18.7 Å². The number of carbonyl (C=O) groups is 2. The number of aromatic amines is 1. The van der Waals surface area contributed by atoms with Gasteiger partial charge in [0.15, 0.2) is 0 Å². The van der Waals surface area contributed by atoms with Crippen molar-refractivity contribution in [3.63, 3.8) is 0 Å².